The molecule has 0 fully saturated rings. The summed E-state index contributed by atoms with van der Waals surface area (Å²) in [5.41, 5.74) is 5.72. The van der Waals surface area contributed by atoms with E-state index in [1.165, 1.54) is 11.0 Å². The molecule has 4 nitrogen and oxygen atoms in total. The van der Waals surface area contributed by atoms with Crippen molar-refractivity contribution < 1.29 is 13.9 Å². The highest BCUT2D eigenvalue weighted by atomic mass is 19.1. The van der Waals surface area contributed by atoms with Gasteiger partial charge in [0, 0.05) is 6.54 Å². The SMILES string of the molecule is CC(C)OCC(=O)N(CCCN)c1ccccc1F. The number of carbonyl (C=O) groups is 1. The van der Waals surface area contributed by atoms with Gasteiger partial charge in [0.15, 0.2) is 0 Å². The maximum Gasteiger partial charge on any atom is 0.253 e. The number of nitrogens with zero attached hydrogens (tertiary/aromatic N) is 1. The summed E-state index contributed by atoms with van der Waals surface area (Å²) < 4.78 is 19.0. The zero-order valence-corrected chi connectivity index (χ0v) is 11.4. The third-order valence-electron chi connectivity index (χ3n) is 2.57. The van der Waals surface area contributed by atoms with Crippen molar-refractivity contribution >= 4 is 11.6 Å². The molecule has 0 spiro atoms. The zero-order chi connectivity index (χ0) is 14.3. The number of hydrogen-bond acceptors (Lipinski definition) is 3. The summed E-state index contributed by atoms with van der Waals surface area (Å²) >= 11 is 0. The van der Waals surface area contributed by atoms with E-state index in [4.69, 9.17) is 10.5 Å². The first-order valence-corrected chi connectivity index (χ1v) is 6.42. The highest BCUT2D eigenvalue weighted by Crippen LogP contribution is 2.19. The van der Waals surface area contributed by atoms with Crippen LogP contribution in [0.15, 0.2) is 24.3 Å². The Morgan fingerprint density at radius 3 is 2.68 bits per heavy atom. The van der Waals surface area contributed by atoms with Gasteiger partial charge in [0.25, 0.3) is 5.91 Å². The molecule has 0 heterocycles. The van der Waals surface area contributed by atoms with E-state index in [9.17, 15) is 9.18 Å². The highest BCUT2D eigenvalue weighted by molar-refractivity contribution is 5.94. The van der Waals surface area contributed by atoms with Gasteiger partial charge in [-0.25, -0.2) is 4.39 Å². The first kappa shape index (κ1) is 15.6. The monoisotopic (exact) mass is 268 g/mol. The Kier molecular flexibility index (Phi) is 6.45. The van der Waals surface area contributed by atoms with E-state index in [-0.39, 0.29) is 24.3 Å². The largest absolute Gasteiger partial charge is 0.369 e. The molecule has 0 unspecified atom stereocenters. The lowest BCUT2D eigenvalue weighted by Gasteiger charge is -2.23. The molecule has 0 aliphatic rings. The number of ether oxygens (including phenoxy) is 1. The molecular weight excluding hydrogens is 247 g/mol. The van der Waals surface area contributed by atoms with Gasteiger partial charge in [-0.15, -0.1) is 0 Å². The number of carbonyl (C=O) groups excluding carboxylic acids is 1. The van der Waals surface area contributed by atoms with Gasteiger partial charge >= 0.3 is 0 Å². The van der Waals surface area contributed by atoms with Crippen LogP contribution in [0, 0.1) is 5.82 Å². The lowest BCUT2D eigenvalue weighted by atomic mass is 10.2. The van der Waals surface area contributed by atoms with Crippen LogP contribution in [-0.4, -0.2) is 31.7 Å². The van der Waals surface area contributed by atoms with Crippen molar-refractivity contribution in [2.45, 2.75) is 26.4 Å². The fraction of sp³-hybridized carbons (Fsp3) is 0.500. The van der Waals surface area contributed by atoms with Crippen molar-refractivity contribution in [3.05, 3.63) is 30.1 Å². The molecular formula is C14H21FN2O2. The predicted octanol–water partition coefficient (Wildman–Crippen LogP) is 1.93. The second-order valence-electron chi connectivity index (χ2n) is 4.50. The lowest BCUT2D eigenvalue weighted by Crippen LogP contribution is -2.37. The van der Waals surface area contributed by atoms with Crippen LogP contribution in [0.4, 0.5) is 10.1 Å². The van der Waals surface area contributed by atoms with Gasteiger partial charge < -0.3 is 15.4 Å². The Morgan fingerprint density at radius 1 is 1.42 bits per heavy atom. The third-order valence-corrected chi connectivity index (χ3v) is 2.57. The van der Waals surface area contributed by atoms with Crippen LogP contribution in [0.25, 0.3) is 0 Å². The molecule has 1 rings (SSSR count). The standard InChI is InChI=1S/C14H21FN2O2/c1-11(2)19-10-14(18)17(9-5-8-16)13-7-4-3-6-12(13)15/h3-4,6-7,11H,5,8-10,16H2,1-2H3. The molecule has 1 aromatic rings. The quantitative estimate of drug-likeness (QED) is 0.822. The van der Waals surface area contributed by atoms with Crippen LogP contribution in [0.2, 0.25) is 0 Å². The number of nitrogens with two attached hydrogens (primary N) is 1. The molecule has 5 heteroatoms. The number of rotatable bonds is 7. The van der Waals surface area contributed by atoms with Gasteiger partial charge in [-0.1, -0.05) is 12.1 Å². The van der Waals surface area contributed by atoms with Crippen molar-refractivity contribution in [2.24, 2.45) is 5.73 Å². The van der Waals surface area contributed by atoms with Crippen LogP contribution in [0.3, 0.4) is 0 Å². The topological polar surface area (TPSA) is 55.6 Å². The zero-order valence-electron chi connectivity index (χ0n) is 11.4. The van der Waals surface area contributed by atoms with Gasteiger partial charge in [-0.05, 0) is 38.9 Å². The molecule has 0 aliphatic heterocycles. The Morgan fingerprint density at radius 2 is 2.11 bits per heavy atom. The summed E-state index contributed by atoms with van der Waals surface area (Å²) in [6.07, 6.45) is 0.572. The van der Waals surface area contributed by atoms with Gasteiger partial charge in [0.1, 0.15) is 12.4 Å². The van der Waals surface area contributed by atoms with Crippen molar-refractivity contribution in [1.82, 2.24) is 0 Å². The predicted molar refractivity (Wildman–Crippen MR) is 73.5 cm³/mol. The second-order valence-corrected chi connectivity index (χ2v) is 4.50. The molecule has 0 saturated carbocycles. The minimum Gasteiger partial charge on any atom is -0.369 e. The summed E-state index contributed by atoms with van der Waals surface area (Å²) in [4.78, 5) is 13.5. The molecule has 2 N–H and O–H groups in total. The third kappa shape index (κ3) is 4.96. The maximum absolute atomic E-state index is 13.8. The summed E-state index contributed by atoms with van der Waals surface area (Å²) in [6, 6.07) is 6.21. The Hall–Kier alpha value is -1.46. The van der Waals surface area contributed by atoms with Gasteiger partial charge in [0.2, 0.25) is 0 Å². The van der Waals surface area contributed by atoms with Crippen LogP contribution in [0.5, 0.6) is 0 Å². The van der Waals surface area contributed by atoms with E-state index in [0.717, 1.165) is 0 Å². The van der Waals surface area contributed by atoms with Crippen LogP contribution >= 0.6 is 0 Å². The number of benzene rings is 1. The average molecular weight is 268 g/mol. The summed E-state index contributed by atoms with van der Waals surface area (Å²) in [5, 5.41) is 0. The Balaban J connectivity index is 2.82. The van der Waals surface area contributed by atoms with Crippen molar-refractivity contribution in [3.8, 4) is 0 Å². The Bertz CT molecular complexity index is 410. The molecule has 106 valence electrons. The van der Waals surface area contributed by atoms with Crippen molar-refractivity contribution in [1.29, 1.82) is 0 Å². The minimum atomic E-state index is -0.419. The fourth-order valence-electron chi connectivity index (χ4n) is 1.62. The molecule has 0 aromatic heterocycles. The number of hydrogen-bond donors (Lipinski definition) is 1. The van der Waals surface area contributed by atoms with Crippen LogP contribution < -0.4 is 10.6 Å². The normalized spacial score (nSPS) is 10.8. The van der Waals surface area contributed by atoms with E-state index in [0.29, 0.717) is 19.5 Å². The maximum atomic E-state index is 13.8. The van der Waals surface area contributed by atoms with Gasteiger partial charge in [0.05, 0.1) is 11.8 Å². The molecule has 0 radical (unpaired) electrons. The van der Waals surface area contributed by atoms with E-state index in [1.54, 1.807) is 18.2 Å². The molecule has 0 aliphatic carbocycles. The fourth-order valence-corrected chi connectivity index (χ4v) is 1.62. The summed E-state index contributed by atoms with van der Waals surface area (Å²) in [7, 11) is 0. The van der Waals surface area contributed by atoms with Crippen LogP contribution in [-0.2, 0) is 9.53 Å². The number of halogens is 1. The summed E-state index contributed by atoms with van der Waals surface area (Å²) in [5.74, 6) is -0.676. The molecule has 1 amide bonds. The van der Waals surface area contributed by atoms with Crippen molar-refractivity contribution in [2.75, 3.05) is 24.6 Å². The first-order valence-electron chi connectivity index (χ1n) is 6.42. The minimum absolute atomic E-state index is 0.0408. The van der Waals surface area contributed by atoms with E-state index in [2.05, 4.69) is 0 Å². The van der Waals surface area contributed by atoms with Crippen molar-refractivity contribution in [3.63, 3.8) is 0 Å². The van der Waals surface area contributed by atoms with Crippen LogP contribution in [0.1, 0.15) is 20.3 Å². The molecule has 0 bridgehead atoms. The first-order chi connectivity index (χ1) is 9.06. The summed E-state index contributed by atoms with van der Waals surface area (Å²) in [6.45, 7) is 4.47. The van der Waals surface area contributed by atoms with E-state index in [1.807, 2.05) is 13.8 Å². The van der Waals surface area contributed by atoms with E-state index < -0.39 is 5.82 Å². The number of para-hydroxylation sites is 1. The second kappa shape index (κ2) is 7.86. The number of amides is 1. The lowest BCUT2D eigenvalue weighted by molar-refractivity contribution is -0.124. The number of anilines is 1. The molecule has 1 aromatic carbocycles. The van der Waals surface area contributed by atoms with Gasteiger partial charge in [-0.3, -0.25) is 4.79 Å². The Labute approximate surface area is 113 Å². The highest BCUT2D eigenvalue weighted by Gasteiger charge is 2.18. The average Bonchev–Trinajstić information content (AvgIpc) is 2.38. The van der Waals surface area contributed by atoms with Gasteiger partial charge in [-0.2, -0.15) is 0 Å². The smallest absolute Gasteiger partial charge is 0.253 e. The molecule has 0 atom stereocenters. The molecule has 0 saturated heterocycles. The van der Waals surface area contributed by atoms with E-state index >= 15 is 0 Å². The molecule has 19 heavy (non-hydrogen) atoms.